The quantitative estimate of drug-likeness (QED) is 0.448. The standard InChI is InChI=1S/C12H15NO4/c1-3-17-12(14)7-6-10-5-4-9(2)11(8-10)13(15)16/h4-5,8H,3,6-7H2,1-2H3. The molecule has 0 radical (unpaired) electrons. The van der Waals surface area contributed by atoms with Gasteiger partial charge in [0.05, 0.1) is 11.5 Å². The summed E-state index contributed by atoms with van der Waals surface area (Å²) in [6.07, 6.45) is 0.702. The number of hydrogen-bond donors (Lipinski definition) is 0. The Hall–Kier alpha value is -1.91. The van der Waals surface area contributed by atoms with Gasteiger partial charge in [-0.1, -0.05) is 12.1 Å². The van der Waals surface area contributed by atoms with Gasteiger partial charge in [0.2, 0.25) is 0 Å². The molecule has 0 heterocycles. The Labute approximate surface area is 99.5 Å². The van der Waals surface area contributed by atoms with Crippen LogP contribution in [0.2, 0.25) is 0 Å². The minimum Gasteiger partial charge on any atom is -0.466 e. The molecule has 0 bridgehead atoms. The molecular formula is C12H15NO4. The summed E-state index contributed by atoms with van der Waals surface area (Å²) >= 11 is 0. The van der Waals surface area contributed by atoms with E-state index >= 15 is 0 Å². The zero-order valence-electron chi connectivity index (χ0n) is 9.93. The van der Waals surface area contributed by atoms with Crippen LogP contribution in [0.1, 0.15) is 24.5 Å². The van der Waals surface area contributed by atoms with Gasteiger partial charge in [-0.3, -0.25) is 14.9 Å². The lowest BCUT2D eigenvalue weighted by Gasteiger charge is -2.03. The molecule has 0 aromatic heterocycles. The molecule has 0 spiro atoms. The number of nitro groups is 1. The summed E-state index contributed by atoms with van der Waals surface area (Å²) in [6.45, 7) is 3.79. The maximum Gasteiger partial charge on any atom is 0.306 e. The largest absolute Gasteiger partial charge is 0.466 e. The fourth-order valence-corrected chi connectivity index (χ4v) is 1.49. The molecule has 0 aliphatic heterocycles. The van der Waals surface area contributed by atoms with Gasteiger partial charge in [-0.05, 0) is 25.8 Å². The second-order valence-electron chi connectivity index (χ2n) is 3.68. The SMILES string of the molecule is CCOC(=O)CCc1ccc(C)c([N+](=O)[O-])c1. The summed E-state index contributed by atoms with van der Waals surface area (Å²) in [5.74, 6) is -0.282. The molecule has 92 valence electrons. The highest BCUT2D eigenvalue weighted by molar-refractivity contribution is 5.69. The zero-order chi connectivity index (χ0) is 12.8. The van der Waals surface area contributed by atoms with Crippen LogP contribution in [-0.4, -0.2) is 17.5 Å². The fraction of sp³-hybridized carbons (Fsp3) is 0.417. The predicted molar refractivity (Wildman–Crippen MR) is 62.8 cm³/mol. The number of nitrogens with zero attached hydrogens (tertiary/aromatic N) is 1. The van der Waals surface area contributed by atoms with Crippen LogP contribution < -0.4 is 0 Å². The van der Waals surface area contributed by atoms with Crippen molar-refractivity contribution in [1.82, 2.24) is 0 Å². The van der Waals surface area contributed by atoms with Crippen molar-refractivity contribution in [3.8, 4) is 0 Å². The van der Waals surface area contributed by atoms with Crippen LogP contribution in [0.3, 0.4) is 0 Å². The topological polar surface area (TPSA) is 69.4 Å². The second kappa shape index (κ2) is 5.98. The first kappa shape index (κ1) is 13.2. The number of rotatable bonds is 5. The minimum absolute atomic E-state index is 0.0892. The summed E-state index contributed by atoms with van der Waals surface area (Å²) in [5.41, 5.74) is 1.48. The number of hydrogen-bond acceptors (Lipinski definition) is 4. The predicted octanol–water partition coefficient (Wildman–Crippen LogP) is 2.40. The molecule has 0 aliphatic rings. The second-order valence-corrected chi connectivity index (χ2v) is 3.68. The number of carbonyl (C=O) groups excluding carboxylic acids is 1. The Bertz CT molecular complexity index is 429. The molecule has 5 heteroatoms. The minimum atomic E-state index is -0.413. The van der Waals surface area contributed by atoms with Gasteiger partial charge in [-0.15, -0.1) is 0 Å². The van der Waals surface area contributed by atoms with Crippen LogP contribution in [0.4, 0.5) is 5.69 Å². The highest BCUT2D eigenvalue weighted by Gasteiger charge is 2.11. The van der Waals surface area contributed by atoms with Gasteiger partial charge in [-0.2, -0.15) is 0 Å². The number of nitro benzene ring substituents is 1. The van der Waals surface area contributed by atoms with Gasteiger partial charge >= 0.3 is 5.97 Å². The molecule has 0 aliphatic carbocycles. The van der Waals surface area contributed by atoms with Crippen LogP contribution in [-0.2, 0) is 16.0 Å². The molecule has 1 aromatic carbocycles. The molecule has 0 saturated carbocycles. The lowest BCUT2D eigenvalue weighted by Crippen LogP contribution is -2.05. The first-order valence-electron chi connectivity index (χ1n) is 5.44. The van der Waals surface area contributed by atoms with Crippen molar-refractivity contribution in [3.63, 3.8) is 0 Å². The Morgan fingerprint density at radius 2 is 2.18 bits per heavy atom. The molecule has 0 saturated heterocycles. The lowest BCUT2D eigenvalue weighted by molar-refractivity contribution is -0.385. The monoisotopic (exact) mass is 237 g/mol. The number of benzene rings is 1. The van der Waals surface area contributed by atoms with E-state index in [1.165, 1.54) is 6.07 Å². The summed E-state index contributed by atoms with van der Waals surface area (Å²) < 4.78 is 4.79. The molecule has 1 rings (SSSR count). The van der Waals surface area contributed by atoms with Crippen LogP contribution in [0.25, 0.3) is 0 Å². The van der Waals surface area contributed by atoms with Crippen molar-refractivity contribution in [2.24, 2.45) is 0 Å². The van der Waals surface area contributed by atoms with Crippen molar-refractivity contribution < 1.29 is 14.5 Å². The van der Waals surface area contributed by atoms with Gasteiger partial charge in [0, 0.05) is 18.1 Å². The smallest absolute Gasteiger partial charge is 0.306 e. The van der Waals surface area contributed by atoms with Crippen LogP contribution >= 0.6 is 0 Å². The number of carbonyl (C=O) groups is 1. The van der Waals surface area contributed by atoms with E-state index < -0.39 is 4.92 Å². The van der Waals surface area contributed by atoms with Gasteiger partial charge < -0.3 is 4.74 Å². The van der Waals surface area contributed by atoms with E-state index in [9.17, 15) is 14.9 Å². The van der Waals surface area contributed by atoms with Crippen LogP contribution in [0.5, 0.6) is 0 Å². The normalized spacial score (nSPS) is 10.0. The fourth-order valence-electron chi connectivity index (χ4n) is 1.49. The first-order chi connectivity index (χ1) is 8.04. The van der Waals surface area contributed by atoms with Crippen molar-refractivity contribution in [2.75, 3.05) is 6.61 Å². The molecule has 1 aromatic rings. The van der Waals surface area contributed by atoms with E-state index in [-0.39, 0.29) is 18.1 Å². The molecule has 0 amide bonds. The van der Waals surface area contributed by atoms with Crippen molar-refractivity contribution in [3.05, 3.63) is 39.4 Å². The van der Waals surface area contributed by atoms with E-state index in [2.05, 4.69) is 0 Å². The molecule has 0 atom stereocenters. The average molecular weight is 237 g/mol. The third kappa shape index (κ3) is 3.86. The maximum absolute atomic E-state index is 11.1. The molecule has 0 N–H and O–H groups in total. The van der Waals surface area contributed by atoms with Crippen molar-refractivity contribution >= 4 is 11.7 Å². The summed E-state index contributed by atoms with van der Waals surface area (Å²) in [5, 5.41) is 10.7. The third-order valence-electron chi connectivity index (χ3n) is 2.39. The number of ether oxygens (including phenoxy) is 1. The van der Waals surface area contributed by atoms with E-state index in [1.54, 1.807) is 26.0 Å². The van der Waals surface area contributed by atoms with E-state index in [0.717, 1.165) is 5.56 Å². The summed E-state index contributed by atoms with van der Waals surface area (Å²) in [7, 11) is 0. The third-order valence-corrected chi connectivity index (χ3v) is 2.39. The maximum atomic E-state index is 11.1. The first-order valence-corrected chi connectivity index (χ1v) is 5.44. The highest BCUT2D eigenvalue weighted by atomic mass is 16.6. The van der Waals surface area contributed by atoms with Crippen LogP contribution in [0, 0.1) is 17.0 Å². The van der Waals surface area contributed by atoms with Crippen LogP contribution in [0.15, 0.2) is 18.2 Å². The van der Waals surface area contributed by atoms with Crippen molar-refractivity contribution in [2.45, 2.75) is 26.7 Å². The van der Waals surface area contributed by atoms with E-state index in [4.69, 9.17) is 4.74 Å². The zero-order valence-corrected chi connectivity index (χ0v) is 9.93. The van der Waals surface area contributed by atoms with E-state index in [0.29, 0.717) is 18.6 Å². The Morgan fingerprint density at radius 1 is 1.47 bits per heavy atom. The number of aryl methyl sites for hydroxylation is 2. The Balaban J connectivity index is 2.69. The van der Waals surface area contributed by atoms with Gasteiger partial charge in [0.15, 0.2) is 0 Å². The number of esters is 1. The van der Waals surface area contributed by atoms with E-state index in [1.807, 2.05) is 0 Å². The highest BCUT2D eigenvalue weighted by Crippen LogP contribution is 2.20. The Kier molecular flexibility index (Phi) is 4.63. The molecule has 17 heavy (non-hydrogen) atoms. The molecular weight excluding hydrogens is 222 g/mol. The van der Waals surface area contributed by atoms with Gasteiger partial charge in [0.25, 0.3) is 5.69 Å². The Morgan fingerprint density at radius 3 is 2.76 bits per heavy atom. The molecule has 5 nitrogen and oxygen atoms in total. The summed E-state index contributed by atoms with van der Waals surface area (Å²) in [6, 6.07) is 4.99. The lowest BCUT2D eigenvalue weighted by atomic mass is 10.1. The van der Waals surface area contributed by atoms with Crippen molar-refractivity contribution in [1.29, 1.82) is 0 Å². The molecule has 0 unspecified atom stereocenters. The average Bonchev–Trinajstić information content (AvgIpc) is 2.28. The van der Waals surface area contributed by atoms with Gasteiger partial charge in [0.1, 0.15) is 0 Å². The van der Waals surface area contributed by atoms with Gasteiger partial charge in [-0.25, -0.2) is 0 Å². The molecule has 0 fully saturated rings. The summed E-state index contributed by atoms with van der Waals surface area (Å²) in [4.78, 5) is 21.5.